The minimum atomic E-state index is -2.01. The Balaban J connectivity index is 2.67. The van der Waals surface area contributed by atoms with E-state index in [9.17, 15) is 9.50 Å². The van der Waals surface area contributed by atoms with Crippen LogP contribution in [0.15, 0.2) is 4.99 Å². The van der Waals surface area contributed by atoms with Gasteiger partial charge in [0, 0.05) is 18.3 Å². The Morgan fingerprint density at radius 1 is 1.69 bits per heavy atom. The molecule has 0 spiro atoms. The van der Waals surface area contributed by atoms with Crippen LogP contribution in [0.1, 0.15) is 20.3 Å². The van der Waals surface area contributed by atoms with E-state index in [0.29, 0.717) is 12.1 Å². The van der Waals surface area contributed by atoms with Gasteiger partial charge in [-0.25, -0.2) is 4.39 Å². The van der Waals surface area contributed by atoms with Crippen molar-refractivity contribution >= 4 is 11.9 Å². The molecule has 1 fully saturated rings. The van der Waals surface area contributed by atoms with Crippen molar-refractivity contribution in [2.45, 2.75) is 44.4 Å². The summed E-state index contributed by atoms with van der Waals surface area (Å²) >= 11 is 0. The summed E-state index contributed by atoms with van der Waals surface area (Å²) in [5, 5.41) is 25.5. The van der Waals surface area contributed by atoms with Crippen molar-refractivity contribution in [1.29, 1.82) is 5.41 Å². The number of halogens is 1. The third-order valence-electron chi connectivity index (χ3n) is 2.54. The van der Waals surface area contributed by atoms with Gasteiger partial charge in [0.05, 0.1) is 6.61 Å². The minimum Gasteiger partial charge on any atom is -0.394 e. The molecule has 0 aliphatic carbocycles. The van der Waals surface area contributed by atoms with E-state index >= 15 is 0 Å². The van der Waals surface area contributed by atoms with Crippen molar-refractivity contribution in [2.75, 3.05) is 6.61 Å². The normalized spacial score (nSPS) is 39.4. The first-order valence-electron chi connectivity index (χ1n) is 5.08. The average molecular weight is 232 g/mol. The lowest BCUT2D eigenvalue weighted by molar-refractivity contribution is -0.0192. The fourth-order valence-electron chi connectivity index (χ4n) is 1.49. The second kappa shape index (κ2) is 4.99. The highest BCUT2D eigenvalue weighted by Gasteiger charge is 2.53. The summed E-state index contributed by atoms with van der Waals surface area (Å²) in [6.07, 6.45) is -1.76. The number of rotatable bonds is 4. The maximum atomic E-state index is 14.0. The molecule has 1 heterocycles. The monoisotopic (exact) mass is 232 g/mol. The van der Waals surface area contributed by atoms with Crippen molar-refractivity contribution in [3.63, 3.8) is 0 Å². The predicted octanol–water partition coefficient (Wildman–Crippen LogP) is 0.293. The number of aliphatic hydroxyl groups is 2. The highest BCUT2D eigenvalue weighted by molar-refractivity contribution is 5.91. The molecular weight excluding hydrogens is 215 g/mol. The molecule has 5 nitrogen and oxygen atoms in total. The van der Waals surface area contributed by atoms with Crippen molar-refractivity contribution in [3.8, 4) is 0 Å². The number of nitrogens with zero attached hydrogens (tertiary/aromatic N) is 1. The molecule has 0 aromatic rings. The van der Waals surface area contributed by atoms with Crippen LogP contribution in [0.3, 0.4) is 0 Å². The molecule has 1 aliphatic rings. The molecule has 0 aromatic heterocycles. The van der Waals surface area contributed by atoms with Crippen LogP contribution >= 0.6 is 0 Å². The van der Waals surface area contributed by atoms with Crippen LogP contribution in [-0.4, -0.2) is 52.9 Å². The van der Waals surface area contributed by atoms with Crippen molar-refractivity contribution in [1.82, 2.24) is 0 Å². The first-order valence-corrected chi connectivity index (χ1v) is 5.08. The van der Waals surface area contributed by atoms with Gasteiger partial charge in [0.25, 0.3) is 0 Å². The second-order valence-electron chi connectivity index (χ2n) is 4.12. The van der Waals surface area contributed by atoms with Crippen LogP contribution < -0.4 is 0 Å². The molecule has 4 atom stereocenters. The van der Waals surface area contributed by atoms with Crippen LogP contribution in [0.5, 0.6) is 0 Å². The van der Waals surface area contributed by atoms with E-state index in [2.05, 4.69) is 4.99 Å². The molecule has 1 aliphatic heterocycles. The molecule has 1 rings (SSSR count). The highest BCUT2D eigenvalue weighted by Crippen LogP contribution is 2.34. The van der Waals surface area contributed by atoms with Crippen LogP contribution in [0, 0.1) is 5.41 Å². The first-order chi connectivity index (χ1) is 7.39. The minimum absolute atomic E-state index is 0.315. The quantitative estimate of drug-likeness (QED) is 0.609. The van der Waals surface area contributed by atoms with Gasteiger partial charge in [-0.1, -0.05) is 0 Å². The van der Waals surface area contributed by atoms with Crippen molar-refractivity contribution in [2.24, 2.45) is 4.99 Å². The van der Waals surface area contributed by atoms with E-state index in [4.69, 9.17) is 15.3 Å². The van der Waals surface area contributed by atoms with Crippen molar-refractivity contribution < 1.29 is 19.3 Å². The summed E-state index contributed by atoms with van der Waals surface area (Å²) in [6.45, 7) is 2.35. The van der Waals surface area contributed by atoms with Gasteiger partial charge >= 0.3 is 0 Å². The molecule has 0 aromatic carbocycles. The van der Waals surface area contributed by atoms with E-state index in [1.807, 2.05) is 0 Å². The summed E-state index contributed by atoms with van der Waals surface area (Å²) in [4.78, 5) is 3.83. The summed E-state index contributed by atoms with van der Waals surface area (Å²) in [7, 11) is 0. The number of aliphatic hydroxyl groups excluding tert-OH is 2. The molecule has 1 saturated heterocycles. The van der Waals surface area contributed by atoms with Gasteiger partial charge in [0.1, 0.15) is 12.2 Å². The van der Waals surface area contributed by atoms with Gasteiger partial charge in [-0.15, -0.1) is 0 Å². The highest BCUT2D eigenvalue weighted by atomic mass is 19.1. The topological polar surface area (TPSA) is 85.9 Å². The first kappa shape index (κ1) is 13.2. The molecule has 0 amide bonds. The third kappa shape index (κ3) is 2.63. The number of nitrogens with one attached hydrogen (secondary N) is 1. The fourth-order valence-corrected chi connectivity index (χ4v) is 1.49. The zero-order valence-electron chi connectivity index (χ0n) is 9.35. The van der Waals surface area contributed by atoms with Gasteiger partial charge < -0.3 is 20.4 Å². The van der Waals surface area contributed by atoms with Gasteiger partial charge in [-0.3, -0.25) is 4.99 Å². The standard InChI is InChI=1S/C10H17FN2O3/c1-6(12)3-4-13-9-10(2,11)8(15)7(5-14)16-9/h4,7-9,12,14-15H,3,5H2,1-2H3. The number of hydrogen-bond donors (Lipinski definition) is 3. The lowest BCUT2D eigenvalue weighted by Crippen LogP contribution is -2.41. The van der Waals surface area contributed by atoms with E-state index in [0.717, 1.165) is 0 Å². The van der Waals surface area contributed by atoms with Crippen LogP contribution in [0.4, 0.5) is 4.39 Å². The largest absolute Gasteiger partial charge is 0.394 e. The van der Waals surface area contributed by atoms with Crippen LogP contribution in [0.25, 0.3) is 0 Å². The SMILES string of the molecule is CC(=N)CC=NC1OC(CO)C(O)C1(C)F. The Morgan fingerprint density at radius 2 is 2.31 bits per heavy atom. The smallest absolute Gasteiger partial charge is 0.184 e. The molecule has 0 saturated carbocycles. The van der Waals surface area contributed by atoms with Gasteiger partial charge in [-0.2, -0.15) is 0 Å². The van der Waals surface area contributed by atoms with E-state index in [-0.39, 0.29) is 0 Å². The Kier molecular flexibility index (Phi) is 4.12. The molecule has 16 heavy (non-hydrogen) atoms. The summed E-state index contributed by atoms with van der Waals surface area (Å²) in [5.41, 5.74) is -1.61. The number of hydrogen-bond acceptors (Lipinski definition) is 5. The Hall–Kier alpha value is -0.850. The average Bonchev–Trinajstić information content (AvgIpc) is 2.41. The van der Waals surface area contributed by atoms with E-state index in [1.165, 1.54) is 13.1 Å². The van der Waals surface area contributed by atoms with Gasteiger partial charge in [-0.05, 0) is 13.8 Å². The van der Waals surface area contributed by atoms with Crippen LogP contribution in [0.2, 0.25) is 0 Å². The Labute approximate surface area is 93.5 Å². The summed E-state index contributed by atoms with van der Waals surface area (Å²) < 4.78 is 19.1. The number of aliphatic imine (C=N–C) groups is 1. The van der Waals surface area contributed by atoms with Crippen molar-refractivity contribution in [3.05, 3.63) is 0 Å². The Bertz CT molecular complexity index is 294. The zero-order valence-corrected chi connectivity index (χ0v) is 9.35. The van der Waals surface area contributed by atoms with E-state index in [1.54, 1.807) is 6.92 Å². The molecule has 6 heteroatoms. The zero-order chi connectivity index (χ0) is 12.3. The maximum absolute atomic E-state index is 14.0. The molecule has 0 bridgehead atoms. The molecule has 0 radical (unpaired) electrons. The predicted molar refractivity (Wildman–Crippen MR) is 57.8 cm³/mol. The third-order valence-corrected chi connectivity index (χ3v) is 2.54. The van der Waals surface area contributed by atoms with Crippen LogP contribution in [-0.2, 0) is 4.74 Å². The Morgan fingerprint density at radius 3 is 2.75 bits per heavy atom. The van der Waals surface area contributed by atoms with Gasteiger partial charge in [0.2, 0.25) is 0 Å². The molecular formula is C10H17FN2O3. The number of ether oxygens (including phenoxy) is 1. The summed E-state index contributed by atoms with van der Waals surface area (Å²) in [6, 6.07) is 0. The lowest BCUT2D eigenvalue weighted by Gasteiger charge is -2.20. The second-order valence-corrected chi connectivity index (χ2v) is 4.12. The van der Waals surface area contributed by atoms with E-state index < -0.39 is 30.7 Å². The number of alkyl halides is 1. The van der Waals surface area contributed by atoms with Gasteiger partial charge in [0.15, 0.2) is 11.9 Å². The molecule has 92 valence electrons. The maximum Gasteiger partial charge on any atom is 0.184 e. The molecule has 3 N–H and O–H groups in total. The fraction of sp³-hybridized carbons (Fsp3) is 0.800. The molecule has 4 unspecified atom stereocenters. The lowest BCUT2D eigenvalue weighted by atomic mass is 9.99. The summed E-state index contributed by atoms with van der Waals surface area (Å²) in [5.74, 6) is 0.